The van der Waals surface area contributed by atoms with Gasteiger partial charge in [-0.3, -0.25) is 9.78 Å². The minimum Gasteiger partial charge on any atom is -0.339 e. The molecule has 1 amide bonds. The van der Waals surface area contributed by atoms with Crippen LogP contribution >= 0.6 is 0 Å². The number of pyridine rings is 1. The van der Waals surface area contributed by atoms with E-state index in [0.29, 0.717) is 30.5 Å². The molecule has 0 aliphatic heterocycles. The molecule has 0 saturated heterocycles. The van der Waals surface area contributed by atoms with Crippen molar-refractivity contribution in [3.63, 3.8) is 0 Å². The van der Waals surface area contributed by atoms with E-state index in [0.717, 1.165) is 29.7 Å². The fourth-order valence-corrected chi connectivity index (χ4v) is 2.68. The molecule has 6 heteroatoms. The monoisotopic (exact) mass is 334 g/mol. The largest absolute Gasteiger partial charge is 0.339 e. The van der Waals surface area contributed by atoms with Gasteiger partial charge in [0.1, 0.15) is 0 Å². The molecule has 2 aromatic heterocycles. The summed E-state index contributed by atoms with van der Waals surface area (Å²) in [6.45, 7) is 0. The molecule has 1 fully saturated rings. The van der Waals surface area contributed by atoms with Crippen molar-refractivity contribution >= 4 is 11.6 Å². The molecule has 4 rings (SSSR count). The second-order valence-electron chi connectivity index (χ2n) is 6.28. The van der Waals surface area contributed by atoms with Crippen molar-refractivity contribution in [3.05, 3.63) is 60.2 Å². The number of amides is 1. The molecule has 0 unspecified atom stereocenters. The molecule has 1 aliphatic rings. The molecule has 1 aliphatic carbocycles. The second kappa shape index (κ2) is 6.84. The number of carbonyl (C=O) groups is 1. The summed E-state index contributed by atoms with van der Waals surface area (Å²) in [7, 11) is 0. The SMILES string of the molecule is O=C(CC1CC1)Nc1ccccc1Cc1nc(-c2cccnc2)no1. The Labute approximate surface area is 145 Å². The highest BCUT2D eigenvalue weighted by atomic mass is 16.5. The maximum Gasteiger partial charge on any atom is 0.231 e. The van der Waals surface area contributed by atoms with Crippen molar-refractivity contribution in [1.29, 1.82) is 0 Å². The number of anilines is 1. The van der Waals surface area contributed by atoms with Crippen LogP contribution in [0.2, 0.25) is 0 Å². The molecule has 0 spiro atoms. The van der Waals surface area contributed by atoms with Gasteiger partial charge in [-0.05, 0) is 42.5 Å². The Kier molecular flexibility index (Phi) is 4.24. The Balaban J connectivity index is 1.49. The number of hydrogen-bond acceptors (Lipinski definition) is 5. The van der Waals surface area contributed by atoms with Crippen LogP contribution in [0.3, 0.4) is 0 Å². The molecular weight excluding hydrogens is 316 g/mol. The first-order chi connectivity index (χ1) is 12.3. The highest BCUT2D eigenvalue weighted by Gasteiger charge is 2.24. The van der Waals surface area contributed by atoms with Crippen molar-refractivity contribution in [2.45, 2.75) is 25.7 Å². The van der Waals surface area contributed by atoms with Gasteiger partial charge < -0.3 is 9.84 Å². The zero-order chi connectivity index (χ0) is 17.1. The Bertz CT molecular complexity index is 872. The van der Waals surface area contributed by atoms with E-state index in [4.69, 9.17) is 4.52 Å². The number of benzene rings is 1. The normalized spacial score (nSPS) is 13.6. The number of carbonyl (C=O) groups excluding carboxylic acids is 1. The molecule has 0 radical (unpaired) electrons. The number of nitrogens with zero attached hydrogens (tertiary/aromatic N) is 3. The Morgan fingerprint density at radius 1 is 1.20 bits per heavy atom. The van der Waals surface area contributed by atoms with Crippen molar-refractivity contribution in [2.75, 3.05) is 5.32 Å². The van der Waals surface area contributed by atoms with Crippen LogP contribution in [0.4, 0.5) is 5.69 Å². The summed E-state index contributed by atoms with van der Waals surface area (Å²) in [5.41, 5.74) is 2.56. The molecule has 1 N–H and O–H groups in total. The third kappa shape index (κ3) is 3.91. The Morgan fingerprint density at radius 3 is 2.88 bits per heavy atom. The Morgan fingerprint density at radius 2 is 2.08 bits per heavy atom. The van der Waals surface area contributed by atoms with E-state index in [-0.39, 0.29) is 5.91 Å². The van der Waals surface area contributed by atoms with Crippen LogP contribution in [0, 0.1) is 5.92 Å². The van der Waals surface area contributed by atoms with Crippen LogP contribution < -0.4 is 5.32 Å². The third-order valence-electron chi connectivity index (χ3n) is 4.19. The molecule has 0 atom stereocenters. The molecule has 2 heterocycles. The third-order valence-corrected chi connectivity index (χ3v) is 4.19. The van der Waals surface area contributed by atoms with Crippen molar-refractivity contribution in [1.82, 2.24) is 15.1 Å². The van der Waals surface area contributed by atoms with Crippen molar-refractivity contribution in [2.24, 2.45) is 5.92 Å². The lowest BCUT2D eigenvalue weighted by atomic mass is 10.1. The van der Waals surface area contributed by atoms with Crippen molar-refractivity contribution in [3.8, 4) is 11.4 Å². The van der Waals surface area contributed by atoms with Gasteiger partial charge in [-0.2, -0.15) is 4.98 Å². The predicted molar refractivity (Wildman–Crippen MR) is 92.7 cm³/mol. The van der Waals surface area contributed by atoms with E-state index in [1.54, 1.807) is 12.4 Å². The fourth-order valence-electron chi connectivity index (χ4n) is 2.68. The van der Waals surface area contributed by atoms with Crippen LogP contribution in [0.5, 0.6) is 0 Å². The van der Waals surface area contributed by atoms with Gasteiger partial charge in [0, 0.05) is 30.1 Å². The van der Waals surface area contributed by atoms with E-state index in [1.165, 1.54) is 0 Å². The summed E-state index contributed by atoms with van der Waals surface area (Å²) < 4.78 is 5.36. The average Bonchev–Trinajstić information content (AvgIpc) is 3.32. The van der Waals surface area contributed by atoms with Gasteiger partial charge in [-0.1, -0.05) is 23.4 Å². The van der Waals surface area contributed by atoms with Gasteiger partial charge in [0.25, 0.3) is 0 Å². The van der Waals surface area contributed by atoms with Crippen LogP contribution in [-0.4, -0.2) is 21.0 Å². The zero-order valence-electron chi connectivity index (χ0n) is 13.7. The Hall–Kier alpha value is -3.02. The number of aromatic nitrogens is 3. The van der Waals surface area contributed by atoms with E-state index in [9.17, 15) is 4.79 Å². The smallest absolute Gasteiger partial charge is 0.231 e. The van der Waals surface area contributed by atoms with E-state index < -0.39 is 0 Å². The summed E-state index contributed by atoms with van der Waals surface area (Å²) >= 11 is 0. The van der Waals surface area contributed by atoms with Crippen LogP contribution in [-0.2, 0) is 11.2 Å². The van der Waals surface area contributed by atoms with E-state index in [2.05, 4.69) is 20.4 Å². The lowest BCUT2D eigenvalue weighted by Crippen LogP contribution is -2.13. The number of para-hydroxylation sites is 1. The predicted octanol–water partition coefficient (Wildman–Crippen LogP) is 3.46. The standard InChI is InChI=1S/C19H18N4O2/c24-17(10-13-7-8-13)21-16-6-2-1-4-14(16)11-18-22-19(23-25-18)15-5-3-9-20-12-15/h1-6,9,12-13H,7-8,10-11H2,(H,21,24). The number of hydrogen-bond donors (Lipinski definition) is 1. The summed E-state index contributed by atoms with van der Waals surface area (Å²) in [6.07, 6.45) is 6.78. The molecule has 25 heavy (non-hydrogen) atoms. The van der Waals surface area contributed by atoms with Crippen LogP contribution in [0.25, 0.3) is 11.4 Å². The summed E-state index contributed by atoms with van der Waals surface area (Å²) in [4.78, 5) is 20.6. The zero-order valence-corrected chi connectivity index (χ0v) is 13.7. The molecule has 1 aromatic carbocycles. The number of rotatable bonds is 6. The summed E-state index contributed by atoms with van der Waals surface area (Å²) in [5.74, 6) is 1.64. The number of nitrogens with one attached hydrogen (secondary N) is 1. The molecular formula is C19H18N4O2. The average molecular weight is 334 g/mol. The van der Waals surface area contributed by atoms with E-state index >= 15 is 0 Å². The fraction of sp³-hybridized carbons (Fsp3) is 0.263. The van der Waals surface area contributed by atoms with Gasteiger partial charge in [0.05, 0.1) is 6.42 Å². The summed E-state index contributed by atoms with van der Waals surface area (Å²) in [5, 5.41) is 7.01. The molecule has 3 aromatic rings. The first-order valence-corrected chi connectivity index (χ1v) is 8.38. The summed E-state index contributed by atoms with van der Waals surface area (Å²) in [6, 6.07) is 11.4. The molecule has 1 saturated carbocycles. The van der Waals surface area contributed by atoms with Crippen molar-refractivity contribution < 1.29 is 9.32 Å². The first kappa shape index (κ1) is 15.5. The molecule has 6 nitrogen and oxygen atoms in total. The lowest BCUT2D eigenvalue weighted by molar-refractivity contribution is -0.116. The molecule has 126 valence electrons. The lowest BCUT2D eigenvalue weighted by Gasteiger charge is -2.09. The minimum atomic E-state index is 0.0662. The van der Waals surface area contributed by atoms with E-state index in [1.807, 2.05) is 36.4 Å². The highest BCUT2D eigenvalue weighted by Crippen LogP contribution is 2.32. The van der Waals surface area contributed by atoms with Crippen LogP contribution in [0.1, 0.15) is 30.7 Å². The van der Waals surface area contributed by atoms with Gasteiger partial charge in [0.2, 0.25) is 17.6 Å². The highest BCUT2D eigenvalue weighted by molar-refractivity contribution is 5.91. The van der Waals surface area contributed by atoms with Gasteiger partial charge in [-0.25, -0.2) is 0 Å². The van der Waals surface area contributed by atoms with Gasteiger partial charge >= 0.3 is 0 Å². The maximum absolute atomic E-state index is 12.1. The minimum absolute atomic E-state index is 0.0662. The first-order valence-electron chi connectivity index (χ1n) is 8.38. The maximum atomic E-state index is 12.1. The topological polar surface area (TPSA) is 80.9 Å². The van der Waals surface area contributed by atoms with Crippen LogP contribution in [0.15, 0.2) is 53.3 Å². The quantitative estimate of drug-likeness (QED) is 0.746. The van der Waals surface area contributed by atoms with Gasteiger partial charge in [-0.15, -0.1) is 0 Å². The molecule has 0 bridgehead atoms. The second-order valence-corrected chi connectivity index (χ2v) is 6.28. The van der Waals surface area contributed by atoms with Gasteiger partial charge in [0.15, 0.2) is 0 Å².